The zero-order valence-electron chi connectivity index (χ0n) is 16.4. The number of hydrogen-bond donors (Lipinski definition) is 2. The first-order valence-corrected chi connectivity index (χ1v) is 11.0. The minimum absolute atomic E-state index is 0.0721. The van der Waals surface area contributed by atoms with Gasteiger partial charge in [0.05, 0.1) is 17.5 Å². The average molecular weight is 464 g/mol. The summed E-state index contributed by atoms with van der Waals surface area (Å²) in [7, 11) is -3.46. The van der Waals surface area contributed by atoms with Crippen LogP contribution < -0.4 is 19.5 Å². The molecule has 3 aromatic rings. The molecule has 166 valence electrons. The first-order valence-electron chi connectivity index (χ1n) is 9.08. The van der Waals surface area contributed by atoms with Crippen molar-refractivity contribution in [3.8, 4) is 28.4 Å². The van der Waals surface area contributed by atoms with Gasteiger partial charge in [0.15, 0.2) is 5.75 Å². The number of amides is 1. The van der Waals surface area contributed by atoms with E-state index in [-0.39, 0.29) is 17.1 Å². The molecule has 7 nitrogen and oxygen atoms in total. The summed E-state index contributed by atoms with van der Waals surface area (Å²) >= 11 is 0. The fourth-order valence-electron chi connectivity index (χ4n) is 3.15. The number of fused-ring (bicyclic) bond motifs is 2. The molecular weight excluding hydrogens is 449 g/mol. The molecule has 11 heteroatoms. The van der Waals surface area contributed by atoms with Crippen LogP contribution in [-0.2, 0) is 10.0 Å². The van der Waals surface area contributed by atoms with Gasteiger partial charge in [-0.2, -0.15) is 0 Å². The second kappa shape index (κ2) is 7.75. The van der Waals surface area contributed by atoms with Gasteiger partial charge in [0.1, 0.15) is 11.5 Å². The summed E-state index contributed by atoms with van der Waals surface area (Å²) in [6.07, 6.45) is -3.85. The molecule has 1 heterocycles. The van der Waals surface area contributed by atoms with Gasteiger partial charge in [0.2, 0.25) is 10.0 Å². The largest absolute Gasteiger partial charge is 0.573 e. The van der Waals surface area contributed by atoms with E-state index in [9.17, 15) is 26.4 Å². The number of hydrogen-bond acceptors (Lipinski definition) is 5. The molecule has 1 aliphatic rings. The lowest BCUT2D eigenvalue weighted by Crippen LogP contribution is -2.18. The predicted octanol–water partition coefficient (Wildman–Crippen LogP) is 4.98. The quantitative estimate of drug-likeness (QED) is 0.568. The van der Waals surface area contributed by atoms with Crippen molar-refractivity contribution in [1.82, 2.24) is 0 Å². The van der Waals surface area contributed by atoms with Gasteiger partial charge in [-0.05, 0) is 53.6 Å². The third kappa shape index (κ3) is 4.94. The standard InChI is InChI=1S/C21H15F3N2O5S/c1-32(28,29)26-14-4-2-3-12(9-14)13-5-7-19-17(10-13)25-20(27)16-11-15(31-21(22,23)24)6-8-18(16)30-19/h2-11,26H,1H3,(H,25,27). The SMILES string of the molecule is CS(=O)(=O)Nc1cccc(-c2ccc3c(c2)NC(=O)c2cc(OC(F)(F)F)ccc2O3)c1. The lowest BCUT2D eigenvalue weighted by molar-refractivity contribution is -0.274. The summed E-state index contributed by atoms with van der Waals surface area (Å²) in [6, 6.07) is 14.8. The Morgan fingerprint density at radius 2 is 1.69 bits per heavy atom. The number of halogens is 3. The van der Waals surface area contributed by atoms with E-state index in [0.29, 0.717) is 22.5 Å². The number of ether oxygens (including phenoxy) is 2. The third-order valence-corrected chi connectivity index (χ3v) is 4.98. The maximum atomic E-state index is 12.6. The van der Waals surface area contributed by atoms with E-state index < -0.39 is 28.0 Å². The smallest absolute Gasteiger partial charge is 0.454 e. The number of alkyl halides is 3. The Labute approximate surface area is 180 Å². The van der Waals surface area contributed by atoms with Crippen LogP contribution in [0.15, 0.2) is 60.7 Å². The highest BCUT2D eigenvalue weighted by atomic mass is 32.2. The van der Waals surface area contributed by atoms with Crippen molar-refractivity contribution >= 4 is 27.3 Å². The molecule has 0 bridgehead atoms. The van der Waals surface area contributed by atoms with Crippen molar-refractivity contribution < 1.29 is 35.9 Å². The average Bonchev–Trinajstić information content (AvgIpc) is 2.81. The molecule has 3 aromatic carbocycles. The highest BCUT2D eigenvalue weighted by Crippen LogP contribution is 2.40. The summed E-state index contributed by atoms with van der Waals surface area (Å²) in [5, 5.41) is 2.62. The number of benzene rings is 3. The molecule has 0 unspecified atom stereocenters. The molecule has 32 heavy (non-hydrogen) atoms. The fraction of sp³-hybridized carbons (Fsp3) is 0.0952. The minimum atomic E-state index is -4.89. The van der Waals surface area contributed by atoms with Crippen LogP contribution >= 0.6 is 0 Å². The Hall–Kier alpha value is -3.73. The highest BCUT2D eigenvalue weighted by Gasteiger charge is 2.32. The van der Waals surface area contributed by atoms with E-state index in [0.717, 1.165) is 18.4 Å². The van der Waals surface area contributed by atoms with Crippen molar-refractivity contribution in [2.75, 3.05) is 16.3 Å². The minimum Gasteiger partial charge on any atom is -0.454 e. The molecule has 1 amide bonds. The fourth-order valence-corrected chi connectivity index (χ4v) is 3.71. The van der Waals surface area contributed by atoms with Gasteiger partial charge in [0, 0.05) is 5.69 Å². The lowest BCUT2D eigenvalue weighted by Gasteiger charge is -2.12. The normalized spacial score (nSPS) is 13.2. The molecule has 0 atom stereocenters. The van der Waals surface area contributed by atoms with E-state index in [4.69, 9.17) is 4.74 Å². The molecule has 4 rings (SSSR count). The van der Waals surface area contributed by atoms with E-state index in [1.54, 1.807) is 42.5 Å². The molecule has 0 aliphatic carbocycles. The molecule has 0 radical (unpaired) electrons. The number of rotatable bonds is 4. The van der Waals surface area contributed by atoms with E-state index in [2.05, 4.69) is 14.8 Å². The highest BCUT2D eigenvalue weighted by molar-refractivity contribution is 7.92. The number of carbonyl (C=O) groups excluding carboxylic acids is 1. The van der Waals surface area contributed by atoms with Crippen LogP contribution in [0.25, 0.3) is 11.1 Å². The van der Waals surface area contributed by atoms with Crippen molar-refractivity contribution in [1.29, 1.82) is 0 Å². The van der Waals surface area contributed by atoms with Crippen LogP contribution in [0.1, 0.15) is 10.4 Å². The summed E-state index contributed by atoms with van der Waals surface area (Å²) in [6.45, 7) is 0. The van der Waals surface area contributed by atoms with Gasteiger partial charge in [-0.1, -0.05) is 18.2 Å². The van der Waals surface area contributed by atoms with Crippen LogP contribution in [0.2, 0.25) is 0 Å². The monoisotopic (exact) mass is 464 g/mol. The summed E-state index contributed by atoms with van der Waals surface area (Å²) in [4.78, 5) is 12.6. The van der Waals surface area contributed by atoms with Crippen LogP contribution in [0.3, 0.4) is 0 Å². The van der Waals surface area contributed by atoms with Crippen molar-refractivity contribution in [2.24, 2.45) is 0 Å². The van der Waals surface area contributed by atoms with Gasteiger partial charge in [-0.25, -0.2) is 8.42 Å². The van der Waals surface area contributed by atoms with Gasteiger partial charge in [-0.3, -0.25) is 9.52 Å². The van der Waals surface area contributed by atoms with E-state index in [1.807, 2.05) is 0 Å². The number of nitrogens with one attached hydrogen (secondary N) is 2. The third-order valence-electron chi connectivity index (χ3n) is 4.38. The molecule has 0 saturated carbocycles. The van der Waals surface area contributed by atoms with Crippen LogP contribution in [0, 0.1) is 0 Å². The maximum absolute atomic E-state index is 12.6. The molecule has 2 N–H and O–H groups in total. The number of carbonyl (C=O) groups is 1. The van der Waals surface area contributed by atoms with E-state index >= 15 is 0 Å². The number of sulfonamides is 1. The molecule has 1 aliphatic heterocycles. The second-order valence-electron chi connectivity index (χ2n) is 6.93. The van der Waals surface area contributed by atoms with Crippen LogP contribution in [-0.4, -0.2) is 26.9 Å². The first-order chi connectivity index (χ1) is 15.0. The topological polar surface area (TPSA) is 93.7 Å². The summed E-state index contributed by atoms with van der Waals surface area (Å²) in [5.41, 5.74) is 1.85. The predicted molar refractivity (Wildman–Crippen MR) is 111 cm³/mol. The molecule has 0 fully saturated rings. The second-order valence-corrected chi connectivity index (χ2v) is 8.68. The molecule has 0 saturated heterocycles. The zero-order chi connectivity index (χ0) is 23.1. The van der Waals surface area contributed by atoms with Crippen molar-refractivity contribution in [3.05, 3.63) is 66.2 Å². The molecule has 0 aromatic heterocycles. The maximum Gasteiger partial charge on any atom is 0.573 e. The van der Waals surface area contributed by atoms with Gasteiger partial charge < -0.3 is 14.8 Å². The Kier molecular flexibility index (Phi) is 5.21. The zero-order valence-corrected chi connectivity index (χ0v) is 17.2. The van der Waals surface area contributed by atoms with E-state index in [1.165, 1.54) is 6.07 Å². The molecular formula is C21H15F3N2O5S. The Bertz CT molecular complexity index is 1320. The summed E-state index contributed by atoms with van der Waals surface area (Å²) in [5.74, 6) is -0.855. The Morgan fingerprint density at radius 3 is 2.41 bits per heavy atom. The number of anilines is 2. The Morgan fingerprint density at radius 1 is 0.969 bits per heavy atom. The van der Waals surface area contributed by atoms with Crippen molar-refractivity contribution in [2.45, 2.75) is 6.36 Å². The first kappa shape index (κ1) is 21.5. The van der Waals surface area contributed by atoms with Gasteiger partial charge >= 0.3 is 6.36 Å². The van der Waals surface area contributed by atoms with Crippen LogP contribution in [0.5, 0.6) is 17.2 Å². The van der Waals surface area contributed by atoms with Gasteiger partial charge in [-0.15, -0.1) is 13.2 Å². The molecule has 0 spiro atoms. The van der Waals surface area contributed by atoms with Crippen molar-refractivity contribution in [3.63, 3.8) is 0 Å². The Balaban J connectivity index is 1.66. The van der Waals surface area contributed by atoms with Crippen LogP contribution in [0.4, 0.5) is 24.5 Å². The summed E-state index contributed by atoms with van der Waals surface area (Å²) < 4.78 is 72.4. The lowest BCUT2D eigenvalue weighted by atomic mass is 10.0. The van der Waals surface area contributed by atoms with Gasteiger partial charge in [0.25, 0.3) is 5.91 Å².